The molecule has 6 nitrogen and oxygen atoms in total. The molecule has 0 radical (unpaired) electrons. The van der Waals surface area contributed by atoms with Crippen molar-refractivity contribution >= 4 is 35.0 Å². The smallest absolute Gasteiger partial charge is 0.418 e. The molecule has 158 valence electrons. The number of alkyl halides is 3. The van der Waals surface area contributed by atoms with Gasteiger partial charge in [0, 0.05) is 17.6 Å². The van der Waals surface area contributed by atoms with Crippen LogP contribution in [-0.4, -0.2) is 33.5 Å². The van der Waals surface area contributed by atoms with Crippen LogP contribution < -0.4 is 10.1 Å². The van der Waals surface area contributed by atoms with Crippen LogP contribution >= 0.6 is 23.4 Å². The van der Waals surface area contributed by atoms with Gasteiger partial charge in [-0.05, 0) is 42.5 Å². The molecule has 30 heavy (non-hydrogen) atoms. The lowest BCUT2D eigenvalue weighted by Gasteiger charge is -2.14. The number of aromatic nitrogens is 3. The maximum Gasteiger partial charge on any atom is 0.418 e. The Morgan fingerprint density at radius 2 is 1.90 bits per heavy atom. The Hall–Kier alpha value is -2.72. The minimum Gasteiger partial charge on any atom is -0.497 e. The summed E-state index contributed by atoms with van der Waals surface area (Å²) in [5, 5.41) is 10.8. The van der Waals surface area contributed by atoms with Crippen molar-refractivity contribution in [3.63, 3.8) is 0 Å². The van der Waals surface area contributed by atoms with E-state index in [0.29, 0.717) is 16.7 Å². The lowest BCUT2D eigenvalue weighted by atomic mass is 10.1. The number of nitrogens with one attached hydrogen (secondary N) is 1. The number of carbonyl (C=O) groups excluding carboxylic acids is 1. The van der Waals surface area contributed by atoms with Crippen LogP contribution in [0, 0.1) is 0 Å². The summed E-state index contributed by atoms with van der Waals surface area (Å²) < 4.78 is 46.3. The molecule has 0 atom stereocenters. The molecule has 11 heteroatoms. The first-order valence-corrected chi connectivity index (χ1v) is 9.88. The van der Waals surface area contributed by atoms with Gasteiger partial charge in [-0.3, -0.25) is 4.79 Å². The van der Waals surface area contributed by atoms with Gasteiger partial charge in [0.2, 0.25) is 5.91 Å². The molecule has 0 saturated carbocycles. The number of thioether (sulfide) groups is 1. The minimum absolute atomic E-state index is 0.0696. The van der Waals surface area contributed by atoms with E-state index in [1.165, 1.54) is 6.07 Å². The summed E-state index contributed by atoms with van der Waals surface area (Å²) >= 11 is 6.71. The Morgan fingerprint density at radius 1 is 1.20 bits per heavy atom. The van der Waals surface area contributed by atoms with Crippen LogP contribution in [0.15, 0.2) is 47.6 Å². The zero-order chi connectivity index (χ0) is 21.9. The van der Waals surface area contributed by atoms with Gasteiger partial charge in [-0.1, -0.05) is 23.4 Å². The summed E-state index contributed by atoms with van der Waals surface area (Å²) in [7, 11) is 3.31. The number of halogens is 4. The number of rotatable bonds is 6. The van der Waals surface area contributed by atoms with Crippen molar-refractivity contribution in [1.82, 2.24) is 14.8 Å². The number of benzene rings is 2. The molecule has 0 bridgehead atoms. The van der Waals surface area contributed by atoms with Crippen molar-refractivity contribution in [3.05, 3.63) is 53.1 Å². The topological polar surface area (TPSA) is 69.0 Å². The lowest BCUT2D eigenvalue weighted by molar-refractivity contribution is -0.137. The van der Waals surface area contributed by atoms with Gasteiger partial charge in [0.15, 0.2) is 11.0 Å². The Balaban J connectivity index is 1.68. The molecular weight excluding hydrogens is 441 g/mol. The molecule has 3 rings (SSSR count). The molecule has 0 fully saturated rings. The molecule has 0 spiro atoms. The van der Waals surface area contributed by atoms with Gasteiger partial charge in [0.05, 0.1) is 24.1 Å². The summed E-state index contributed by atoms with van der Waals surface area (Å²) in [6, 6.07) is 10.4. The average Bonchev–Trinajstić information content (AvgIpc) is 3.07. The van der Waals surface area contributed by atoms with Crippen LogP contribution in [0.3, 0.4) is 0 Å². The Kier molecular flexibility index (Phi) is 6.57. The van der Waals surface area contributed by atoms with E-state index in [4.69, 9.17) is 16.3 Å². The van der Waals surface area contributed by atoms with Gasteiger partial charge in [0.1, 0.15) is 5.75 Å². The number of methoxy groups -OCH3 is 1. The summed E-state index contributed by atoms with van der Waals surface area (Å²) in [5.41, 5.74) is -0.554. The van der Waals surface area contributed by atoms with Crippen LogP contribution in [0.2, 0.25) is 5.02 Å². The fraction of sp³-hybridized carbons (Fsp3) is 0.211. The number of ether oxygens (including phenoxy) is 1. The Labute approximate surface area is 179 Å². The molecule has 1 heterocycles. The summed E-state index contributed by atoms with van der Waals surface area (Å²) in [6.45, 7) is 0. The van der Waals surface area contributed by atoms with E-state index in [9.17, 15) is 18.0 Å². The predicted molar refractivity (Wildman–Crippen MR) is 109 cm³/mol. The van der Waals surface area contributed by atoms with E-state index < -0.39 is 17.6 Å². The normalized spacial score (nSPS) is 11.4. The molecule has 1 amide bonds. The number of carbonyl (C=O) groups is 1. The highest BCUT2D eigenvalue weighted by Gasteiger charge is 2.34. The van der Waals surface area contributed by atoms with Gasteiger partial charge >= 0.3 is 6.18 Å². The molecule has 1 aromatic heterocycles. The van der Waals surface area contributed by atoms with Crippen molar-refractivity contribution in [2.45, 2.75) is 11.3 Å². The second-order valence-electron chi connectivity index (χ2n) is 6.12. The summed E-state index contributed by atoms with van der Waals surface area (Å²) in [6.07, 6.45) is -4.64. The lowest BCUT2D eigenvalue weighted by Crippen LogP contribution is -2.18. The minimum atomic E-state index is -4.64. The molecule has 0 aliphatic heterocycles. The van der Waals surface area contributed by atoms with Crippen molar-refractivity contribution < 1.29 is 22.7 Å². The van der Waals surface area contributed by atoms with Crippen LogP contribution in [0.5, 0.6) is 5.75 Å². The fourth-order valence-electron chi connectivity index (χ4n) is 2.61. The van der Waals surface area contributed by atoms with Crippen molar-refractivity contribution in [2.24, 2.45) is 7.05 Å². The second-order valence-corrected chi connectivity index (χ2v) is 7.50. The average molecular weight is 457 g/mol. The fourth-order valence-corrected chi connectivity index (χ4v) is 3.49. The highest BCUT2D eigenvalue weighted by atomic mass is 35.5. The first-order chi connectivity index (χ1) is 14.2. The number of hydrogen-bond donors (Lipinski definition) is 1. The summed E-state index contributed by atoms with van der Waals surface area (Å²) in [4.78, 5) is 12.2. The molecule has 0 unspecified atom stereocenters. The van der Waals surface area contributed by atoms with Gasteiger partial charge in [0.25, 0.3) is 0 Å². The molecule has 0 aliphatic rings. The Morgan fingerprint density at radius 3 is 2.53 bits per heavy atom. The number of amides is 1. The molecule has 3 aromatic rings. The Bertz CT molecular complexity index is 1050. The van der Waals surface area contributed by atoms with Crippen LogP contribution in [-0.2, 0) is 18.0 Å². The SMILES string of the molecule is COc1ccc(-c2nnc(SCC(=O)Nc3ccc(Cl)cc3C(F)(F)F)n2C)cc1. The van der Waals surface area contributed by atoms with E-state index >= 15 is 0 Å². The number of nitrogens with zero attached hydrogens (tertiary/aromatic N) is 3. The highest BCUT2D eigenvalue weighted by Crippen LogP contribution is 2.36. The second kappa shape index (κ2) is 8.97. The first-order valence-electron chi connectivity index (χ1n) is 8.52. The van der Waals surface area contributed by atoms with E-state index in [-0.39, 0.29) is 16.5 Å². The first kappa shape index (κ1) is 22.0. The molecule has 0 aliphatic carbocycles. The molecule has 0 saturated heterocycles. The standard InChI is InChI=1S/C19H16ClF3N4O2S/c1-27-17(11-3-6-13(29-2)7-4-11)25-26-18(27)30-10-16(28)24-15-8-5-12(20)9-14(15)19(21,22)23/h3-9H,10H2,1-2H3,(H,24,28). The van der Waals surface area contributed by atoms with E-state index in [1.54, 1.807) is 30.9 Å². The van der Waals surface area contributed by atoms with E-state index in [0.717, 1.165) is 29.5 Å². The highest BCUT2D eigenvalue weighted by molar-refractivity contribution is 7.99. The zero-order valence-corrected chi connectivity index (χ0v) is 17.4. The third kappa shape index (κ3) is 5.06. The van der Waals surface area contributed by atoms with Crippen molar-refractivity contribution in [1.29, 1.82) is 0 Å². The predicted octanol–water partition coefficient (Wildman–Crippen LogP) is 4.89. The van der Waals surface area contributed by atoms with Crippen molar-refractivity contribution in [2.75, 3.05) is 18.2 Å². The monoisotopic (exact) mass is 456 g/mol. The van der Waals surface area contributed by atoms with E-state index in [2.05, 4.69) is 15.5 Å². The maximum atomic E-state index is 13.1. The molecule has 1 N–H and O–H groups in total. The van der Waals surface area contributed by atoms with Crippen LogP contribution in [0.1, 0.15) is 5.56 Å². The van der Waals surface area contributed by atoms with Gasteiger partial charge in [-0.15, -0.1) is 10.2 Å². The van der Waals surface area contributed by atoms with Gasteiger partial charge < -0.3 is 14.6 Å². The van der Waals surface area contributed by atoms with Gasteiger partial charge in [-0.2, -0.15) is 13.2 Å². The van der Waals surface area contributed by atoms with E-state index in [1.807, 2.05) is 12.1 Å². The quantitative estimate of drug-likeness (QED) is 0.535. The van der Waals surface area contributed by atoms with Crippen molar-refractivity contribution in [3.8, 4) is 17.1 Å². The van der Waals surface area contributed by atoms with Crippen LogP contribution in [0.25, 0.3) is 11.4 Å². The third-order valence-corrected chi connectivity index (χ3v) is 5.33. The maximum absolute atomic E-state index is 13.1. The largest absolute Gasteiger partial charge is 0.497 e. The van der Waals surface area contributed by atoms with Crippen LogP contribution in [0.4, 0.5) is 18.9 Å². The molecule has 2 aromatic carbocycles. The number of hydrogen-bond acceptors (Lipinski definition) is 5. The number of anilines is 1. The zero-order valence-electron chi connectivity index (χ0n) is 15.8. The van der Waals surface area contributed by atoms with Gasteiger partial charge in [-0.25, -0.2) is 0 Å². The molecular formula is C19H16ClF3N4O2S. The third-order valence-electron chi connectivity index (χ3n) is 4.08. The summed E-state index contributed by atoms with van der Waals surface area (Å²) in [5.74, 6) is 0.529.